The molecule has 2 aliphatic heterocycles. The molecule has 1 aromatic carbocycles. The summed E-state index contributed by atoms with van der Waals surface area (Å²) >= 11 is 0. The SMILES string of the molecule is CC1CC(C)CN(C(=O)c2ccc(S(=O)(=O)N3CCCCCC3)cc2)C1. The molecule has 0 aromatic heterocycles. The first-order chi connectivity index (χ1) is 12.4. The monoisotopic (exact) mass is 378 g/mol. The van der Waals surface area contributed by atoms with Gasteiger partial charge in [0.1, 0.15) is 0 Å². The highest BCUT2D eigenvalue weighted by Crippen LogP contribution is 2.24. The predicted molar refractivity (Wildman–Crippen MR) is 103 cm³/mol. The molecule has 0 saturated carbocycles. The highest BCUT2D eigenvalue weighted by atomic mass is 32.2. The molecule has 6 heteroatoms. The first kappa shape index (κ1) is 19.4. The first-order valence-corrected chi connectivity index (χ1v) is 11.2. The van der Waals surface area contributed by atoms with E-state index in [0.717, 1.165) is 45.2 Å². The number of amides is 1. The van der Waals surface area contributed by atoms with Gasteiger partial charge in [-0.3, -0.25) is 4.79 Å². The van der Waals surface area contributed by atoms with Crippen LogP contribution in [0.4, 0.5) is 0 Å². The standard InChI is InChI=1S/C20H30N2O3S/c1-16-13-17(2)15-21(14-16)20(23)18-7-9-19(10-8-18)26(24,25)22-11-5-3-4-6-12-22/h7-10,16-17H,3-6,11-15H2,1-2H3. The van der Waals surface area contributed by atoms with Gasteiger partial charge in [0.25, 0.3) is 5.91 Å². The van der Waals surface area contributed by atoms with Gasteiger partial charge in [0.05, 0.1) is 4.90 Å². The van der Waals surface area contributed by atoms with Gasteiger partial charge in [-0.15, -0.1) is 0 Å². The van der Waals surface area contributed by atoms with E-state index in [1.165, 1.54) is 0 Å². The lowest BCUT2D eigenvalue weighted by molar-refractivity contribution is 0.0623. The largest absolute Gasteiger partial charge is 0.338 e. The Hall–Kier alpha value is -1.40. The summed E-state index contributed by atoms with van der Waals surface area (Å²) in [5.41, 5.74) is 0.570. The molecule has 0 bridgehead atoms. The first-order valence-electron chi connectivity index (χ1n) is 9.77. The van der Waals surface area contributed by atoms with Crippen molar-refractivity contribution in [1.82, 2.24) is 9.21 Å². The predicted octanol–water partition coefficient (Wildman–Crippen LogP) is 3.37. The summed E-state index contributed by atoms with van der Waals surface area (Å²) in [6.07, 6.45) is 5.16. The van der Waals surface area contributed by atoms with Crippen LogP contribution in [-0.4, -0.2) is 49.7 Å². The number of hydrogen-bond donors (Lipinski definition) is 0. The van der Waals surface area contributed by atoms with E-state index in [-0.39, 0.29) is 10.8 Å². The van der Waals surface area contributed by atoms with Gasteiger partial charge >= 0.3 is 0 Å². The average molecular weight is 379 g/mol. The Bertz CT molecular complexity index is 712. The Kier molecular flexibility index (Phi) is 6.03. The Labute approximate surface area is 157 Å². The van der Waals surface area contributed by atoms with E-state index in [9.17, 15) is 13.2 Å². The van der Waals surface area contributed by atoms with Gasteiger partial charge in [-0.1, -0.05) is 26.7 Å². The number of piperidine rings is 1. The highest BCUT2D eigenvalue weighted by molar-refractivity contribution is 7.89. The Morgan fingerprint density at radius 1 is 0.923 bits per heavy atom. The molecule has 1 amide bonds. The van der Waals surface area contributed by atoms with Gasteiger partial charge in [0, 0.05) is 31.7 Å². The number of sulfonamides is 1. The Morgan fingerprint density at radius 2 is 1.46 bits per heavy atom. The van der Waals surface area contributed by atoms with Crippen molar-refractivity contribution < 1.29 is 13.2 Å². The molecule has 3 rings (SSSR count). The van der Waals surface area contributed by atoms with E-state index < -0.39 is 10.0 Å². The summed E-state index contributed by atoms with van der Waals surface area (Å²) in [7, 11) is -3.46. The molecule has 0 spiro atoms. The van der Waals surface area contributed by atoms with Crippen molar-refractivity contribution >= 4 is 15.9 Å². The maximum atomic E-state index is 12.8. The van der Waals surface area contributed by atoms with Gasteiger partial charge in [-0.2, -0.15) is 4.31 Å². The number of carbonyl (C=O) groups is 1. The van der Waals surface area contributed by atoms with Crippen molar-refractivity contribution in [2.45, 2.75) is 50.8 Å². The summed E-state index contributed by atoms with van der Waals surface area (Å²) in [6.45, 7) is 7.08. The number of likely N-dealkylation sites (tertiary alicyclic amines) is 1. The summed E-state index contributed by atoms with van der Waals surface area (Å²) in [6, 6.07) is 6.50. The molecule has 144 valence electrons. The maximum absolute atomic E-state index is 12.8. The fourth-order valence-corrected chi connectivity index (χ4v) is 5.73. The van der Waals surface area contributed by atoms with Crippen LogP contribution in [0.3, 0.4) is 0 Å². The molecule has 0 N–H and O–H groups in total. The van der Waals surface area contributed by atoms with Gasteiger partial charge in [0.15, 0.2) is 0 Å². The number of carbonyl (C=O) groups excluding carboxylic acids is 1. The zero-order chi connectivity index (χ0) is 18.7. The third-order valence-corrected chi connectivity index (χ3v) is 7.37. The van der Waals surface area contributed by atoms with E-state index in [1.54, 1.807) is 28.6 Å². The zero-order valence-corrected chi connectivity index (χ0v) is 16.7. The van der Waals surface area contributed by atoms with E-state index >= 15 is 0 Å². The van der Waals surface area contributed by atoms with Crippen LogP contribution in [-0.2, 0) is 10.0 Å². The lowest BCUT2D eigenvalue weighted by Gasteiger charge is -2.35. The van der Waals surface area contributed by atoms with Crippen molar-refractivity contribution in [3.05, 3.63) is 29.8 Å². The summed E-state index contributed by atoms with van der Waals surface area (Å²) in [5, 5.41) is 0. The summed E-state index contributed by atoms with van der Waals surface area (Å²) in [4.78, 5) is 15.0. The molecule has 5 nitrogen and oxygen atoms in total. The molecule has 26 heavy (non-hydrogen) atoms. The number of benzene rings is 1. The lowest BCUT2D eigenvalue weighted by Crippen LogP contribution is -2.42. The molecule has 2 fully saturated rings. The van der Waals surface area contributed by atoms with Crippen LogP contribution in [0.25, 0.3) is 0 Å². The van der Waals surface area contributed by atoms with Crippen LogP contribution in [0.2, 0.25) is 0 Å². The van der Waals surface area contributed by atoms with E-state index in [2.05, 4.69) is 13.8 Å². The fourth-order valence-electron chi connectivity index (χ4n) is 4.21. The van der Waals surface area contributed by atoms with Crippen molar-refractivity contribution in [3.8, 4) is 0 Å². The molecular weight excluding hydrogens is 348 g/mol. The number of rotatable bonds is 3. The van der Waals surface area contributed by atoms with Crippen molar-refractivity contribution in [1.29, 1.82) is 0 Å². The second-order valence-electron chi connectivity index (χ2n) is 8.00. The van der Waals surface area contributed by atoms with Crippen molar-refractivity contribution in [2.24, 2.45) is 11.8 Å². The van der Waals surface area contributed by atoms with Crippen LogP contribution in [0.15, 0.2) is 29.2 Å². The topological polar surface area (TPSA) is 57.7 Å². The molecule has 2 heterocycles. The molecular formula is C20H30N2O3S. The lowest BCUT2D eigenvalue weighted by atomic mass is 9.91. The fraction of sp³-hybridized carbons (Fsp3) is 0.650. The minimum atomic E-state index is -3.46. The molecule has 2 atom stereocenters. The minimum absolute atomic E-state index is 0.00196. The second kappa shape index (κ2) is 8.09. The van der Waals surface area contributed by atoms with Crippen molar-refractivity contribution in [2.75, 3.05) is 26.2 Å². The molecule has 2 aliphatic rings. The summed E-state index contributed by atoms with van der Waals surface area (Å²) < 4.78 is 27.3. The molecule has 0 aliphatic carbocycles. The maximum Gasteiger partial charge on any atom is 0.253 e. The van der Waals surface area contributed by atoms with E-state index in [1.807, 2.05) is 4.90 Å². The van der Waals surface area contributed by atoms with E-state index in [0.29, 0.717) is 30.5 Å². The number of hydrogen-bond acceptors (Lipinski definition) is 3. The Morgan fingerprint density at radius 3 is 2.00 bits per heavy atom. The van der Waals surface area contributed by atoms with Gasteiger partial charge in [0.2, 0.25) is 10.0 Å². The number of nitrogens with zero attached hydrogens (tertiary/aromatic N) is 2. The second-order valence-corrected chi connectivity index (χ2v) is 9.94. The molecule has 1 aromatic rings. The van der Waals surface area contributed by atoms with Crippen molar-refractivity contribution in [3.63, 3.8) is 0 Å². The van der Waals surface area contributed by atoms with Crippen LogP contribution in [0.5, 0.6) is 0 Å². The highest BCUT2D eigenvalue weighted by Gasteiger charge is 2.28. The normalized spacial score (nSPS) is 25.7. The zero-order valence-electron chi connectivity index (χ0n) is 15.9. The smallest absolute Gasteiger partial charge is 0.253 e. The van der Waals surface area contributed by atoms with Crippen LogP contribution in [0.1, 0.15) is 56.3 Å². The van der Waals surface area contributed by atoms with Crippen LogP contribution in [0, 0.1) is 11.8 Å². The third kappa shape index (κ3) is 4.29. The Balaban J connectivity index is 1.74. The van der Waals surface area contributed by atoms with Gasteiger partial charge in [-0.25, -0.2) is 8.42 Å². The van der Waals surface area contributed by atoms with Crippen LogP contribution < -0.4 is 0 Å². The quantitative estimate of drug-likeness (QED) is 0.810. The molecule has 0 radical (unpaired) electrons. The van der Waals surface area contributed by atoms with Crippen LogP contribution >= 0.6 is 0 Å². The van der Waals surface area contributed by atoms with E-state index in [4.69, 9.17) is 0 Å². The third-order valence-electron chi connectivity index (χ3n) is 5.46. The van der Waals surface area contributed by atoms with Gasteiger partial charge in [-0.05, 0) is 55.4 Å². The summed E-state index contributed by atoms with van der Waals surface area (Å²) in [5.74, 6) is 1.01. The molecule has 2 unspecified atom stereocenters. The van der Waals surface area contributed by atoms with Gasteiger partial charge < -0.3 is 4.90 Å². The average Bonchev–Trinajstić information content (AvgIpc) is 2.90. The molecule has 2 saturated heterocycles. The minimum Gasteiger partial charge on any atom is -0.338 e.